The minimum atomic E-state index is -1.65. The molecule has 148 valence electrons. The second-order valence-corrected chi connectivity index (χ2v) is 6.53. The lowest BCUT2D eigenvalue weighted by Crippen LogP contribution is -2.45. The number of benzene rings is 1. The van der Waals surface area contributed by atoms with E-state index in [2.05, 4.69) is 15.3 Å². The van der Waals surface area contributed by atoms with E-state index in [4.69, 9.17) is 9.47 Å². The second kappa shape index (κ2) is 7.36. The van der Waals surface area contributed by atoms with Crippen LogP contribution >= 0.6 is 0 Å². The molecule has 1 aromatic carbocycles. The molecule has 1 aromatic heterocycles. The Bertz CT molecular complexity index is 896. The molecule has 2 aromatic rings. The third-order valence-electron chi connectivity index (χ3n) is 4.83. The summed E-state index contributed by atoms with van der Waals surface area (Å²) in [5, 5.41) is 2.19. The summed E-state index contributed by atoms with van der Waals surface area (Å²) in [5.41, 5.74) is -0.498. The van der Waals surface area contributed by atoms with Gasteiger partial charge in [-0.3, -0.25) is 4.79 Å². The molecule has 2 aliphatic rings. The van der Waals surface area contributed by atoms with Gasteiger partial charge in [-0.05, 0) is 12.1 Å². The standard InChI is InChI=1S/C18H17F3N4O3/c19-11-1-2-12(16(21)15(11)20)24-17(26)13-9-14(23-10-22-13)25-5-3-18(4-6-25)27-7-8-28-18/h1-2,9-10H,3-8H2,(H,24,26). The Morgan fingerprint density at radius 2 is 1.79 bits per heavy atom. The van der Waals surface area contributed by atoms with Crippen LogP contribution in [-0.2, 0) is 9.47 Å². The van der Waals surface area contributed by atoms with Gasteiger partial charge in [-0.25, -0.2) is 23.1 Å². The molecule has 1 spiro atoms. The monoisotopic (exact) mass is 394 g/mol. The number of amides is 1. The van der Waals surface area contributed by atoms with Crippen LogP contribution in [0.15, 0.2) is 24.5 Å². The van der Waals surface area contributed by atoms with Crippen LogP contribution in [0.5, 0.6) is 0 Å². The fourth-order valence-electron chi connectivity index (χ4n) is 3.32. The van der Waals surface area contributed by atoms with Crippen LogP contribution in [0.1, 0.15) is 23.3 Å². The molecule has 0 bridgehead atoms. The van der Waals surface area contributed by atoms with Crippen molar-refractivity contribution in [2.45, 2.75) is 18.6 Å². The number of anilines is 2. The van der Waals surface area contributed by atoms with Gasteiger partial charge in [0.1, 0.15) is 17.8 Å². The Morgan fingerprint density at radius 1 is 1.07 bits per heavy atom. The normalized spacial score (nSPS) is 18.5. The van der Waals surface area contributed by atoms with Gasteiger partial charge in [-0.2, -0.15) is 0 Å². The predicted molar refractivity (Wildman–Crippen MR) is 92.4 cm³/mol. The maximum Gasteiger partial charge on any atom is 0.274 e. The number of carbonyl (C=O) groups is 1. The molecule has 0 atom stereocenters. The number of carbonyl (C=O) groups excluding carboxylic acids is 1. The Morgan fingerprint density at radius 3 is 2.50 bits per heavy atom. The second-order valence-electron chi connectivity index (χ2n) is 6.53. The van der Waals surface area contributed by atoms with Crippen LogP contribution in [0.4, 0.5) is 24.7 Å². The van der Waals surface area contributed by atoms with Gasteiger partial charge >= 0.3 is 0 Å². The highest BCUT2D eigenvalue weighted by Gasteiger charge is 2.40. The summed E-state index contributed by atoms with van der Waals surface area (Å²) in [6.07, 6.45) is 2.55. The first-order valence-corrected chi connectivity index (χ1v) is 8.77. The Labute approximate surface area is 158 Å². The summed E-state index contributed by atoms with van der Waals surface area (Å²) in [5.74, 6) is -5.23. The van der Waals surface area contributed by atoms with E-state index in [0.717, 1.165) is 12.1 Å². The third kappa shape index (κ3) is 3.52. The number of nitrogens with one attached hydrogen (secondary N) is 1. The molecule has 2 saturated heterocycles. The lowest BCUT2D eigenvalue weighted by molar-refractivity contribution is -0.169. The van der Waals surface area contributed by atoms with Crippen molar-refractivity contribution in [2.24, 2.45) is 0 Å². The number of nitrogens with zero attached hydrogens (tertiary/aromatic N) is 3. The van der Waals surface area contributed by atoms with Crippen molar-refractivity contribution < 1.29 is 27.4 Å². The number of halogens is 3. The molecule has 4 rings (SSSR count). The van der Waals surface area contributed by atoms with Crippen molar-refractivity contribution in [3.8, 4) is 0 Å². The number of aromatic nitrogens is 2. The largest absolute Gasteiger partial charge is 0.356 e. The lowest BCUT2D eigenvalue weighted by Gasteiger charge is -2.38. The molecule has 1 N–H and O–H groups in total. The van der Waals surface area contributed by atoms with Crippen LogP contribution in [0.25, 0.3) is 0 Å². The van der Waals surface area contributed by atoms with Crippen LogP contribution in [0.3, 0.4) is 0 Å². The van der Waals surface area contributed by atoms with E-state index in [1.807, 2.05) is 4.90 Å². The average molecular weight is 394 g/mol. The van der Waals surface area contributed by atoms with E-state index in [0.29, 0.717) is 45.0 Å². The fourth-order valence-corrected chi connectivity index (χ4v) is 3.32. The quantitative estimate of drug-likeness (QED) is 0.807. The summed E-state index contributed by atoms with van der Waals surface area (Å²) in [4.78, 5) is 22.4. The summed E-state index contributed by atoms with van der Waals surface area (Å²) in [6, 6.07) is 3.14. The molecule has 0 unspecified atom stereocenters. The van der Waals surface area contributed by atoms with E-state index in [1.165, 1.54) is 12.4 Å². The summed E-state index contributed by atoms with van der Waals surface area (Å²) in [7, 11) is 0. The number of piperidine rings is 1. The van der Waals surface area contributed by atoms with E-state index in [1.54, 1.807) is 0 Å². The van der Waals surface area contributed by atoms with E-state index >= 15 is 0 Å². The van der Waals surface area contributed by atoms with Crippen LogP contribution in [0.2, 0.25) is 0 Å². The van der Waals surface area contributed by atoms with Crippen molar-refractivity contribution in [1.29, 1.82) is 0 Å². The number of hydrogen-bond acceptors (Lipinski definition) is 6. The minimum Gasteiger partial charge on any atom is -0.356 e. The molecule has 1 amide bonds. The SMILES string of the molecule is O=C(Nc1ccc(F)c(F)c1F)c1cc(N2CCC3(CC2)OCCO3)ncn1. The smallest absolute Gasteiger partial charge is 0.274 e. The maximum atomic E-state index is 13.8. The van der Waals surface area contributed by atoms with Gasteiger partial charge in [0.05, 0.1) is 18.9 Å². The van der Waals surface area contributed by atoms with Gasteiger partial charge in [0, 0.05) is 32.0 Å². The van der Waals surface area contributed by atoms with Gasteiger partial charge < -0.3 is 19.7 Å². The molecule has 2 aliphatic heterocycles. The maximum absolute atomic E-state index is 13.8. The number of hydrogen-bond donors (Lipinski definition) is 1. The summed E-state index contributed by atoms with van der Waals surface area (Å²) < 4.78 is 51.5. The molecular formula is C18H17F3N4O3. The molecule has 0 radical (unpaired) electrons. The molecule has 28 heavy (non-hydrogen) atoms. The van der Waals surface area contributed by atoms with E-state index in [9.17, 15) is 18.0 Å². The van der Waals surface area contributed by atoms with Crippen molar-refractivity contribution in [3.63, 3.8) is 0 Å². The molecule has 2 fully saturated rings. The van der Waals surface area contributed by atoms with Crippen LogP contribution < -0.4 is 10.2 Å². The van der Waals surface area contributed by atoms with Crippen molar-refractivity contribution >= 4 is 17.4 Å². The van der Waals surface area contributed by atoms with Crippen LogP contribution in [0, 0.1) is 17.5 Å². The van der Waals surface area contributed by atoms with Gasteiger partial charge in [0.25, 0.3) is 5.91 Å². The van der Waals surface area contributed by atoms with Gasteiger partial charge in [0.15, 0.2) is 23.2 Å². The molecule has 0 saturated carbocycles. The first-order valence-electron chi connectivity index (χ1n) is 8.77. The number of rotatable bonds is 3. The highest BCUT2D eigenvalue weighted by atomic mass is 19.2. The van der Waals surface area contributed by atoms with Crippen molar-refractivity contribution in [1.82, 2.24) is 9.97 Å². The lowest BCUT2D eigenvalue weighted by atomic mass is 10.0. The zero-order chi connectivity index (χ0) is 19.7. The third-order valence-corrected chi connectivity index (χ3v) is 4.83. The Hall–Kier alpha value is -2.72. The first-order chi connectivity index (χ1) is 13.5. The van der Waals surface area contributed by atoms with E-state index < -0.39 is 34.8 Å². The van der Waals surface area contributed by atoms with Crippen molar-refractivity contribution in [2.75, 3.05) is 36.5 Å². The topological polar surface area (TPSA) is 76.6 Å². The molecule has 3 heterocycles. The van der Waals surface area contributed by atoms with E-state index in [-0.39, 0.29) is 5.69 Å². The number of ether oxygens (including phenoxy) is 2. The zero-order valence-electron chi connectivity index (χ0n) is 14.8. The van der Waals surface area contributed by atoms with Gasteiger partial charge in [-0.15, -0.1) is 0 Å². The zero-order valence-corrected chi connectivity index (χ0v) is 14.8. The van der Waals surface area contributed by atoms with Crippen molar-refractivity contribution in [3.05, 3.63) is 47.7 Å². The highest BCUT2D eigenvalue weighted by molar-refractivity contribution is 6.03. The molecule has 10 heteroatoms. The summed E-state index contributed by atoms with van der Waals surface area (Å²) >= 11 is 0. The predicted octanol–water partition coefficient (Wildman–Crippen LogP) is 2.49. The van der Waals surface area contributed by atoms with Crippen LogP contribution in [-0.4, -0.2) is 48.0 Å². The molecule has 7 nitrogen and oxygen atoms in total. The Kier molecular flexibility index (Phi) is 4.90. The summed E-state index contributed by atoms with van der Waals surface area (Å²) in [6.45, 7) is 2.41. The molecular weight excluding hydrogens is 377 g/mol. The first kappa shape index (κ1) is 18.6. The molecule has 0 aliphatic carbocycles. The van der Waals surface area contributed by atoms with Gasteiger partial charge in [0.2, 0.25) is 0 Å². The Balaban J connectivity index is 1.46. The fraction of sp³-hybridized carbons (Fsp3) is 0.389. The highest BCUT2D eigenvalue weighted by Crippen LogP contribution is 2.32. The minimum absolute atomic E-state index is 0.0252. The van der Waals surface area contributed by atoms with Gasteiger partial charge in [-0.1, -0.05) is 0 Å². The average Bonchev–Trinajstić information content (AvgIpc) is 3.17.